The van der Waals surface area contributed by atoms with E-state index < -0.39 is 17.8 Å². The molecule has 5 aromatic carbocycles. The van der Waals surface area contributed by atoms with E-state index in [4.69, 9.17) is 4.74 Å². The van der Waals surface area contributed by atoms with Gasteiger partial charge in [-0.2, -0.15) is 0 Å². The molecule has 8 rings (SSSR count). The Hall–Kier alpha value is -5.95. The zero-order valence-corrected chi connectivity index (χ0v) is 27.0. The predicted molar refractivity (Wildman–Crippen MR) is 193 cm³/mol. The molecule has 0 spiro atoms. The number of ether oxygens (including phenoxy) is 1. The number of nitrogens with zero attached hydrogens (tertiary/aromatic N) is 2. The Bertz CT molecular complexity index is 2090. The highest BCUT2D eigenvalue weighted by Gasteiger charge is 2.40. The van der Waals surface area contributed by atoms with Crippen LogP contribution in [0.3, 0.4) is 0 Å². The molecule has 1 saturated heterocycles. The van der Waals surface area contributed by atoms with Gasteiger partial charge in [0.2, 0.25) is 0 Å². The Morgan fingerprint density at radius 2 is 1.39 bits per heavy atom. The van der Waals surface area contributed by atoms with Gasteiger partial charge in [-0.15, -0.1) is 0 Å². The highest BCUT2D eigenvalue weighted by Crippen LogP contribution is 2.50. The van der Waals surface area contributed by atoms with E-state index in [0.717, 1.165) is 52.7 Å². The monoisotopic (exact) mass is 645 g/mol. The standard InChI is InChI=1S/C42H35N3O4/c1-2-23-49-38-18-17-29-15-9-10-16-31(29)34(38)26-37-40(46)43-42(48)45(41(37)47)30-24-35-32(27-11-5-3-6-12-27)19-21-44-22-20-33(36(25-30)39(35)44)28-13-7-4-8-14-28/h2-18,24-26,32-33H,1,19-23H2,(H,43,46,48)/b37-26+/t32-,33-/m1/s1. The summed E-state index contributed by atoms with van der Waals surface area (Å²) in [6, 6.07) is 35.5. The number of amides is 4. The van der Waals surface area contributed by atoms with Crippen LogP contribution in [0.1, 0.15) is 52.5 Å². The van der Waals surface area contributed by atoms with Gasteiger partial charge in [0, 0.05) is 36.2 Å². The van der Waals surface area contributed by atoms with Crippen molar-refractivity contribution in [3.05, 3.63) is 155 Å². The van der Waals surface area contributed by atoms with Crippen molar-refractivity contribution in [2.45, 2.75) is 24.7 Å². The lowest BCUT2D eigenvalue weighted by Crippen LogP contribution is -2.54. The summed E-state index contributed by atoms with van der Waals surface area (Å²) in [5.41, 5.74) is 6.61. The van der Waals surface area contributed by atoms with E-state index in [9.17, 15) is 14.4 Å². The molecule has 0 radical (unpaired) electrons. The Labute approximate surface area is 285 Å². The van der Waals surface area contributed by atoms with Crippen LogP contribution >= 0.6 is 0 Å². The van der Waals surface area contributed by atoms with Crippen molar-refractivity contribution in [1.29, 1.82) is 0 Å². The number of rotatable bonds is 7. The molecule has 0 aromatic heterocycles. The minimum atomic E-state index is -0.767. The van der Waals surface area contributed by atoms with Crippen LogP contribution in [-0.2, 0) is 9.59 Å². The molecular weight excluding hydrogens is 610 g/mol. The van der Waals surface area contributed by atoms with Crippen molar-refractivity contribution >= 4 is 46.1 Å². The van der Waals surface area contributed by atoms with Crippen molar-refractivity contribution in [3.8, 4) is 5.75 Å². The molecule has 5 aromatic rings. The third-order valence-corrected chi connectivity index (χ3v) is 9.94. The molecule has 3 aliphatic heterocycles. The van der Waals surface area contributed by atoms with Crippen molar-refractivity contribution in [1.82, 2.24) is 5.32 Å². The predicted octanol–water partition coefficient (Wildman–Crippen LogP) is 7.95. The van der Waals surface area contributed by atoms with Crippen molar-refractivity contribution < 1.29 is 19.1 Å². The number of carbonyl (C=O) groups is 3. The molecule has 0 unspecified atom stereocenters. The Morgan fingerprint density at radius 3 is 2.02 bits per heavy atom. The Kier molecular flexibility index (Phi) is 7.80. The summed E-state index contributed by atoms with van der Waals surface area (Å²) in [5.74, 6) is -0.756. The lowest BCUT2D eigenvalue weighted by Gasteiger charge is -2.44. The fraction of sp³-hybridized carbons (Fsp3) is 0.167. The third kappa shape index (κ3) is 5.37. The van der Waals surface area contributed by atoms with Crippen LogP contribution in [0.4, 0.5) is 16.2 Å². The normalized spacial score (nSPS) is 19.5. The van der Waals surface area contributed by atoms with Gasteiger partial charge in [-0.05, 0) is 70.1 Å². The SMILES string of the molecule is C=CCOc1ccc2ccccc2c1/C=C1\C(=O)NC(=O)N(c2cc3c4c(c2)[C@@H](c2ccccc2)CCN4CC[C@@H]3c2ccccc2)C1=O. The molecule has 3 heterocycles. The van der Waals surface area contributed by atoms with Crippen LogP contribution in [-0.4, -0.2) is 37.5 Å². The average molecular weight is 646 g/mol. The number of fused-ring (bicyclic) bond motifs is 1. The van der Waals surface area contributed by atoms with Crippen LogP contribution < -0.4 is 19.9 Å². The second-order valence-corrected chi connectivity index (χ2v) is 12.7. The molecule has 3 aliphatic rings. The third-order valence-electron chi connectivity index (χ3n) is 9.94. The van der Waals surface area contributed by atoms with Gasteiger partial charge < -0.3 is 9.64 Å². The van der Waals surface area contributed by atoms with E-state index in [2.05, 4.69) is 65.3 Å². The van der Waals surface area contributed by atoms with Gasteiger partial charge in [0.05, 0.1) is 5.69 Å². The number of hydrogen-bond donors (Lipinski definition) is 1. The first-order valence-corrected chi connectivity index (χ1v) is 16.7. The summed E-state index contributed by atoms with van der Waals surface area (Å²) < 4.78 is 5.96. The minimum absolute atomic E-state index is 0.0838. The maximum absolute atomic E-state index is 14.5. The van der Waals surface area contributed by atoms with Gasteiger partial charge in [-0.25, -0.2) is 9.69 Å². The Balaban J connectivity index is 1.29. The summed E-state index contributed by atoms with van der Waals surface area (Å²) in [6.45, 7) is 5.85. The van der Waals surface area contributed by atoms with E-state index in [1.165, 1.54) is 16.8 Å². The number of hydrogen-bond acceptors (Lipinski definition) is 5. The lowest BCUT2D eigenvalue weighted by molar-refractivity contribution is -0.122. The largest absolute Gasteiger partial charge is 0.489 e. The second kappa shape index (κ2) is 12.6. The second-order valence-electron chi connectivity index (χ2n) is 12.7. The van der Waals surface area contributed by atoms with Crippen LogP contribution in [0.5, 0.6) is 5.75 Å². The van der Waals surface area contributed by atoms with Crippen LogP contribution in [0.15, 0.2) is 127 Å². The minimum Gasteiger partial charge on any atom is -0.489 e. The molecular formula is C42H35N3O4. The summed E-state index contributed by atoms with van der Waals surface area (Å²) in [7, 11) is 0. The van der Waals surface area contributed by atoms with Crippen LogP contribution in [0, 0.1) is 0 Å². The molecule has 49 heavy (non-hydrogen) atoms. The lowest BCUT2D eigenvalue weighted by atomic mass is 9.76. The number of imide groups is 2. The molecule has 2 atom stereocenters. The maximum Gasteiger partial charge on any atom is 0.335 e. The number of nitrogens with one attached hydrogen (secondary N) is 1. The first kappa shape index (κ1) is 30.4. The molecule has 1 N–H and O–H groups in total. The van der Waals surface area contributed by atoms with Gasteiger partial charge >= 0.3 is 6.03 Å². The van der Waals surface area contributed by atoms with Crippen LogP contribution in [0.2, 0.25) is 0 Å². The highest BCUT2D eigenvalue weighted by atomic mass is 16.5. The molecule has 7 nitrogen and oxygen atoms in total. The smallest absolute Gasteiger partial charge is 0.335 e. The topological polar surface area (TPSA) is 79.0 Å². The zero-order valence-electron chi connectivity index (χ0n) is 27.0. The van der Waals surface area contributed by atoms with Gasteiger partial charge in [0.25, 0.3) is 11.8 Å². The van der Waals surface area contributed by atoms with Gasteiger partial charge in [-0.1, -0.05) is 104 Å². The first-order chi connectivity index (χ1) is 24.0. The van der Waals surface area contributed by atoms with E-state index in [1.807, 2.05) is 60.7 Å². The molecule has 0 bridgehead atoms. The fourth-order valence-electron chi connectivity index (χ4n) is 7.70. The fourth-order valence-corrected chi connectivity index (χ4v) is 7.70. The maximum atomic E-state index is 14.5. The number of urea groups is 1. The first-order valence-electron chi connectivity index (χ1n) is 16.7. The summed E-state index contributed by atoms with van der Waals surface area (Å²) in [4.78, 5) is 45.2. The quantitative estimate of drug-likeness (QED) is 0.110. The van der Waals surface area contributed by atoms with Crippen molar-refractivity contribution in [2.24, 2.45) is 0 Å². The van der Waals surface area contributed by atoms with E-state index in [-0.39, 0.29) is 24.0 Å². The number of carbonyl (C=O) groups excluding carboxylic acids is 3. The molecule has 7 heteroatoms. The molecule has 4 amide bonds. The molecule has 1 fully saturated rings. The van der Waals surface area contributed by atoms with E-state index >= 15 is 0 Å². The average Bonchev–Trinajstić information content (AvgIpc) is 3.13. The van der Waals surface area contributed by atoms with Gasteiger partial charge in [-0.3, -0.25) is 14.9 Å². The van der Waals surface area contributed by atoms with Crippen molar-refractivity contribution in [3.63, 3.8) is 0 Å². The summed E-state index contributed by atoms with van der Waals surface area (Å²) >= 11 is 0. The van der Waals surface area contributed by atoms with Gasteiger partial charge in [0.15, 0.2) is 0 Å². The summed E-state index contributed by atoms with van der Waals surface area (Å²) in [6.07, 6.45) is 5.00. The van der Waals surface area contributed by atoms with Crippen LogP contribution in [0.25, 0.3) is 16.8 Å². The highest BCUT2D eigenvalue weighted by molar-refractivity contribution is 6.39. The van der Waals surface area contributed by atoms with E-state index in [0.29, 0.717) is 17.0 Å². The molecule has 0 aliphatic carbocycles. The van der Waals surface area contributed by atoms with Gasteiger partial charge in [0.1, 0.15) is 17.9 Å². The zero-order chi connectivity index (χ0) is 33.5. The number of anilines is 2. The van der Waals surface area contributed by atoms with E-state index in [1.54, 1.807) is 12.2 Å². The number of barbiturate groups is 1. The molecule has 0 saturated carbocycles. The van der Waals surface area contributed by atoms with Crippen molar-refractivity contribution in [2.75, 3.05) is 29.5 Å². The number of benzene rings is 5. The molecule has 242 valence electrons. The summed E-state index contributed by atoms with van der Waals surface area (Å²) in [5, 5.41) is 4.20. The Morgan fingerprint density at radius 1 is 0.776 bits per heavy atom.